The van der Waals surface area contributed by atoms with Gasteiger partial charge in [-0.3, -0.25) is 14.6 Å². The standard InChI is InChI=1S/C19H36N6/c1-15(2)18-17(14-24(6)22-18)13-23(5)19(20-4)21-10-12-25-11-8-7-9-16(25)3/h14-16H,7-13H2,1-6H3,(H,20,21). The lowest BCUT2D eigenvalue weighted by atomic mass is 10.0. The maximum Gasteiger partial charge on any atom is 0.193 e. The average molecular weight is 349 g/mol. The molecule has 2 heterocycles. The zero-order chi connectivity index (χ0) is 18.4. The van der Waals surface area contributed by atoms with E-state index < -0.39 is 0 Å². The van der Waals surface area contributed by atoms with E-state index in [1.165, 1.54) is 37.1 Å². The topological polar surface area (TPSA) is 48.7 Å². The summed E-state index contributed by atoms with van der Waals surface area (Å²) in [6.45, 7) is 10.8. The Morgan fingerprint density at radius 1 is 1.44 bits per heavy atom. The van der Waals surface area contributed by atoms with Crippen molar-refractivity contribution >= 4 is 5.96 Å². The molecule has 6 heteroatoms. The van der Waals surface area contributed by atoms with Gasteiger partial charge >= 0.3 is 0 Å². The van der Waals surface area contributed by atoms with Crippen molar-refractivity contribution in [1.29, 1.82) is 0 Å². The molecule has 0 saturated carbocycles. The first-order valence-electron chi connectivity index (χ1n) is 9.60. The van der Waals surface area contributed by atoms with Crippen LogP contribution in [0.2, 0.25) is 0 Å². The number of aromatic nitrogens is 2. The second kappa shape index (κ2) is 9.22. The van der Waals surface area contributed by atoms with E-state index in [2.05, 4.69) is 59.2 Å². The Morgan fingerprint density at radius 3 is 2.84 bits per heavy atom. The summed E-state index contributed by atoms with van der Waals surface area (Å²) < 4.78 is 1.91. The van der Waals surface area contributed by atoms with Gasteiger partial charge in [-0.1, -0.05) is 20.3 Å². The molecule has 2 rings (SSSR count). The van der Waals surface area contributed by atoms with Gasteiger partial charge in [0.2, 0.25) is 0 Å². The monoisotopic (exact) mass is 348 g/mol. The third-order valence-corrected chi connectivity index (χ3v) is 5.09. The van der Waals surface area contributed by atoms with Crippen molar-refractivity contribution in [2.75, 3.05) is 33.7 Å². The summed E-state index contributed by atoms with van der Waals surface area (Å²) in [5, 5.41) is 8.12. The van der Waals surface area contributed by atoms with Gasteiger partial charge in [0.1, 0.15) is 0 Å². The van der Waals surface area contributed by atoms with E-state index in [-0.39, 0.29) is 0 Å². The summed E-state index contributed by atoms with van der Waals surface area (Å²) in [5.74, 6) is 1.38. The fraction of sp³-hybridized carbons (Fsp3) is 0.789. The van der Waals surface area contributed by atoms with Crippen LogP contribution in [-0.2, 0) is 13.6 Å². The summed E-state index contributed by atoms with van der Waals surface area (Å²) in [6, 6.07) is 0.708. The Bertz CT molecular complexity index is 562. The van der Waals surface area contributed by atoms with Crippen molar-refractivity contribution in [3.63, 3.8) is 0 Å². The van der Waals surface area contributed by atoms with E-state index >= 15 is 0 Å². The number of piperidine rings is 1. The van der Waals surface area contributed by atoms with Crippen molar-refractivity contribution in [2.24, 2.45) is 12.0 Å². The molecule has 142 valence electrons. The minimum absolute atomic E-state index is 0.431. The van der Waals surface area contributed by atoms with Gasteiger partial charge in [0, 0.05) is 58.6 Å². The molecule has 1 atom stereocenters. The lowest BCUT2D eigenvalue weighted by molar-refractivity contribution is 0.163. The van der Waals surface area contributed by atoms with Gasteiger partial charge in [0.05, 0.1) is 5.69 Å². The summed E-state index contributed by atoms with van der Waals surface area (Å²) in [4.78, 5) is 9.22. The molecule has 1 unspecified atom stereocenters. The first kappa shape index (κ1) is 19.8. The van der Waals surface area contributed by atoms with Crippen LogP contribution in [0.5, 0.6) is 0 Å². The number of aryl methyl sites for hydroxylation is 1. The molecule has 1 aliphatic rings. The second-order valence-corrected chi connectivity index (χ2v) is 7.58. The van der Waals surface area contributed by atoms with E-state index in [4.69, 9.17) is 0 Å². The zero-order valence-corrected chi connectivity index (χ0v) is 16.9. The van der Waals surface area contributed by atoms with Crippen molar-refractivity contribution in [3.05, 3.63) is 17.5 Å². The number of nitrogens with zero attached hydrogens (tertiary/aromatic N) is 5. The van der Waals surface area contributed by atoms with Crippen molar-refractivity contribution < 1.29 is 0 Å². The molecule has 0 bridgehead atoms. The second-order valence-electron chi connectivity index (χ2n) is 7.58. The fourth-order valence-corrected chi connectivity index (χ4v) is 3.68. The van der Waals surface area contributed by atoms with Gasteiger partial charge in [-0.25, -0.2) is 0 Å². The molecule has 1 fully saturated rings. The molecule has 1 aromatic rings. The van der Waals surface area contributed by atoms with Crippen molar-refractivity contribution in [1.82, 2.24) is 24.9 Å². The Labute approximate surface area is 153 Å². The van der Waals surface area contributed by atoms with Crippen LogP contribution in [0, 0.1) is 0 Å². The quantitative estimate of drug-likeness (QED) is 0.634. The van der Waals surface area contributed by atoms with E-state index in [0.29, 0.717) is 12.0 Å². The van der Waals surface area contributed by atoms with Crippen LogP contribution >= 0.6 is 0 Å². The van der Waals surface area contributed by atoms with E-state index in [0.717, 1.165) is 25.6 Å². The van der Waals surface area contributed by atoms with Crippen molar-refractivity contribution in [2.45, 2.75) is 58.5 Å². The molecule has 1 aliphatic heterocycles. The maximum atomic E-state index is 4.60. The van der Waals surface area contributed by atoms with E-state index in [1.54, 1.807) is 0 Å². The maximum absolute atomic E-state index is 4.60. The van der Waals surface area contributed by atoms with Gasteiger partial charge in [0.25, 0.3) is 0 Å². The smallest absolute Gasteiger partial charge is 0.193 e. The summed E-state index contributed by atoms with van der Waals surface area (Å²) >= 11 is 0. The summed E-state index contributed by atoms with van der Waals surface area (Å²) in [6.07, 6.45) is 6.15. The number of hydrogen-bond donors (Lipinski definition) is 1. The highest BCUT2D eigenvalue weighted by atomic mass is 15.3. The van der Waals surface area contributed by atoms with Gasteiger partial charge in [0.15, 0.2) is 5.96 Å². The lowest BCUT2D eigenvalue weighted by Crippen LogP contribution is -2.45. The average Bonchev–Trinajstić information content (AvgIpc) is 2.93. The Balaban J connectivity index is 1.87. The van der Waals surface area contributed by atoms with Crippen LogP contribution in [0.3, 0.4) is 0 Å². The van der Waals surface area contributed by atoms with Gasteiger partial charge in [-0.15, -0.1) is 0 Å². The first-order chi connectivity index (χ1) is 11.9. The molecular weight excluding hydrogens is 312 g/mol. The largest absolute Gasteiger partial charge is 0.355 e. The van der Waals surface area contributed by atoms with E-state index in [9.17, 15) is 0 Å². The SMILES string of the molecule is CN=C(NCCN1CCCCC1C)N(C)Cc1cn(C)nc1C(C)C. The molecule has 0 amide bonds. The van der Waals surface area contributed by atoms with E-state index in [1.807, 2.05) is 18.8 Å². The zero-order valence-electron chi connectivity index (χ0n) is 16.9. The molecule has 1 aromatic heterocycles. The highest BCUT2D eigenvalue weighted by molar-refractivity contribution is 5.79. The van der Waals surface area contributed by atoms with Crippen LogP contribution < -0.4 is 5.32 Å². The van der Waals surface area contributed by atoms with Gasteiger partial charge < -0.3 is 10.2 Å². The summed E-state index contributed by atoms with van der Waals surface area (Å²) in [7, 11) is 5.94. The molecule has 1 saturated heterocycles. The minimum atomic E-state index is 0.431. The van der Waals surface area contributed by atoms with Gasteiger partial charge in [-0.05, 0) is 32.2 Å². The molecule has 1 N–H and O–H groups in total. The molecule has 0 aromatic carbocycles. The lowest BCUT2D eigenvalue weighted by Gasteiger charge is -2.33. The number of guanidine groups is 1. The molecule has 25 heavy (non-hydrogen) atoms. The molecule has 0 radical (unpaired) electrons. The van der Waals surface area contributed by atoms with Crippen LogP contribution in [0.25, 0.3) is 0 Å². The molecular formula is C19H36N6. The Hall–Kier alpha value is -1.56. The van der Waals surface area contributed by atoms with Crippen LogP contribution in [0.1, 0.15) is 57.2 Å². The number of rotatable bonds is 6. The van der Waals surface area contributed by atoms with Crippen LogP contribution in [0.4, 0.5) is 0 Å². The Morgan fingerprint density at radius 2 is 2.20 bits per heavy atom. The minimum Gasteiger partial charge on any atom is -0.355 e. The molecule has 0 aliphatic carbocycles. The number of nitrogens with one attached hydrogen (secondary N) is 1. The highest BCUT2D eigenvalue weighted by Gasteiger charge is 2.18. The van der Waals surface area contributed by atoms with Crippen molar-refractivity contribution in [3.8, 4) is 0 Å². The number of aliphatic imine (C=N–C) groups is 1. The third-order valence-electron chi connectivity index (χ3n) is 5.09. The number of hydrogen-bond acceptors (Lipinski definition) is 3. The molecule has 0 spiro atoms. The molecule has 6 nitrogen and oxygen atoms in total. The number of likely N-dealkylation sites (tertiary alicyclic amines) is 1. The van der Waals surface area contributed by atoms with Crippen LogP contribution in [-0.4, -0.2) is 65.3 Å². The predicted molar refractivity (Wildman–Crippen MR) is 105 cm³/mol. The normalized spacial score (nSPS) is 19.5. The fourth-order valence-electron chi connectivity index (χ4n) is 3.68. The van der Waals surface area contributed by atoms with Gasteiger partial charge in [-0.2, -0.15) is 5.10 Å². The Kier molecular flexibility index (Phi) is 7.29. The van der Waals surface area contributed by atoms with Crippen LogP contribution in [0.15, 0.2) is 11.2 Å². The first-order valence-corrected chi connectivity index (χ1v) is 9.60. The third kappa shape index (κ3) is 5.46. The summed E-state index contributed by atoms with van der Waals surface area (Å²) in [5.41, 5.74) is 2.44. The highest BCUT2D eigenvalue weighted by Crippen LogP contribution is 2.18. The predicted octanol–water partition coefficient (Wildman–Crippen LogP) is 2.43.